The van der Waals surface area contributed by atoms with Crippen LogP contribution in [0.2, 0.25) is 0 Å². The van der Waals surface area contributed by atoms with Gasteiger partial charge in [0.1, 0.15) is 0 Å². The van der Waals surface area contributed by atoms with Crippen molar-refractivity contribution >= 4 is 0 Å². The first-order chi connectivity index (χ1) is 13.7. The SMILES string of the molecule is CCCCCCCCN(O)Cc1ccc(CN(O)CCCCCCCC)cc1. The molecular formula is C24H44N2O2. The molecule has 0 saturated heterocycles. The van der Waals surface area contributed by atoms with Crippen LogP contribution in [0.3, 0.4) is 0 Å². The molecule has 0 amide bonds. The van der Waals surface area contributed by atoms with E-state index < -0.39 is 0 Å². The second kappa shape index (κ2) is 17.0. The van der Waals surface area contributed by atoms with Crippen LogP contribution in [0.1, 0.15) is 102 Å². The van der Waals surface area contributed by atoms with E-state index in [-0.39, 0.29) is 0 Å². The van der Waals surface area contributed by atoms with E-state index in [0.717, 1.165) is 37.1 Å². The van der Waals surface area contributed by atoms with Crippen molar-refractivity contribution in [1.82, 2.24) is 10.1 Å². The topological polar surface area (TPSA) is 46.9 Å². The fourth-order valence-corrected chi connectivity index (χ4v) is 3.48. The summed E-state index contributed by atoms with van der Waals surface area (Å²) in [4.78, 5) is 0. The molecule has 0 spiro atoms. The van der Waals surface area contributed by atoms with Gasteiger partial charge in [0, 0.05) is 26.2 Å². The number of benzene rings is 1. The fraction of sp³-hybridized carbons (Fsp3) is 0.750. The number of unbranched alkanes of at least 4 members (excludes halogenated alkanes) is 10. The Kier molecular flexibility index (Phi) is 15.2. The molecule has 0 saturated carbocycles. The maximum Gasteiger partial charge on any atom is 0.0488 e. The Morgan fingerprint density at radius 3 is 1.21 bits per heavy atom. The van der Waals surface area contributed by atoms with Crippen molar-refractivity contribution in [2.24, 2.45) is 0 Å². The molecule has 2 N–H and O–H groups in total. The normalized spacial score (nSPS) is 11.6. The van der Waals surface area contributed by atoms with Crippen LogP contribution in [-0.4, -0.2) is 33.6 Å². The second-order valence-electron chi connectivity index (χ2n) is 8.13. The largest absolute Gasteiger partial charge is 0.314 e. The number of rotatable bonds is 18. The summed E-state index contributed by atoms with van der Waals surface area (Å²) in [6, 6.07) is 8.22. The molecule has 0 aliphatic carbocycles. The van der Waals surface area contributed by atoms with Crippen molar-refractivity contribution in [2.75, 3.05) is 13.1 Å². The zero-order valence-electron chi connectivity index (χ0n) is 18.4. The van der Waals surface area contributed by atoms with Gasteiger partial charge in [-0.25, -0.2) is 0 Å². The van der Waals surface area contributed by atoms with Crippen LogP contribution in [0.15, 0.2) is 24.3 Å². The lowest BCUT2D eigenvalue weighted by Gasteiger charge is -2.16. The molecular weight excluding hydrogens is 348 g/mol. The Bertz CT molecular complexity index is 421. The molecule has 4 heteroatoms. The van der Waals surface area contributed by atoms with Gasteiger partial charge in [0.15, 0.2) is 0 Å². The molecule has 0 aromatic heterocycles. The molecule has 0 atom stereocenters. The highest BCUT2D eigenvalue weighted by Crippen LogP contribution is 2.11. The van der Waals surface area contributed by atoms with E-state index in [2.05, 4.69) is 38.1 Å². The zero-order chi connectivity index (χ0) is 20.5. The highest BCUT2D eigenvalue weighted by Gasteiger charge is 2.05. The summed E-state index contributed by atoms with van der Waals surface area (Å²) < 4.78 is 0. The van der Waals surface area contributed by atoms with Crippen molar-refractivity contribution in [1.29, 1.82) is 0 Å². The molecule has 0 unspecified atom stereocenters. The van der Waals surface area contributed by atoms with Gasteiger partial charge in [-0.05, 0) is 24.0 Å². The van der Waals surface area contributed by atoms with Crippen LogP contribution in [-0.2, 0) is 13.1 Å². The lowest BCUT2D eigenvalue weighted by Crippen LogP contribution is -2.21. The lowest BCUT2D eigenvalue weighted by atomic mass is 10.1. The van der Waals surface area contributed by atoms with Gasteiger partial charge in [0.05, 0.1) is 0 Å². The summed E-state index contributed by atoms with van der Waals surface area (Å²) in [5.74, 6) is 0. The summed E-state index contributed by atoms with van der Waals surface area (Å²) in [5.41, 5.74) is 2.22. The van der Waals surface area contributed by atoms with E-state index in [1.165, 1.54) is 74.3 Å². The quantitative estimate of drug-likeness (QED) is 0.213. The van der Waals surface area contributed by atoms with Crippen LogP contribution < -0.4 is 0 Å². The highest BCUT2D eigenvalue weighted by molar-refractivity contribution is 5.22. The van der Waals surface area contributed by atoms with Gasteiger partial charge in [0.25, 0.3) is 0 Å². The van der Waals surface area contributed by atoms with Gasteiger partial charge in [0.2, 0.25) is 0 Å². The third kappa shape index (κ3) is 13.3. The summed E-state index contributed by atoms with van der Waals surface area (Å²) >= 11 is 0. The molecule has 0 radical (unpaired) electrons. The van der Waals surface area contributed by atoms with Crippen molar-refractivity contribution in [3.8, 4) is 0 Å². The second-order valence-corrected chi connectivity index (χ2v) is 8.13. The number of hydrogen-bond acceptors (Lipinski definition) is 4. The van der Waals surface area contributed by atoms with Crippen molar-refractivity contribution in [3.63, 3.8) is 0 Å². The minimum absolute atomic E-state index is 0.565. The van der Waals surface area contributed by atoms with E-state index in [1.54, 1.807) is 0 Å². The van der Waals surface area contributed by atoms with Gasteiger partial charge in [-0.2, -0.15) is 10.1 Å². The van der Waals surface area contributed by atoms with Crippen LogP contribution in [0.5, 0.6) is 0 Å². The predicted octanol–water partition coefficient (Wildman–Crippen LogP) is 6.79. The minimum atomic E-state index is 0.565. The van der Waals surface area contributed by atoms with Gasteiger partial charge >= 0.3 is 0 Å². The van der Waals surface area contributed by atoms with Crippen LogP contribution >= 0.6 is 0 Å². The van der Waals surface area contributed by atoms with E-state index in [4.69, 9.17) is 0 Å². The molecule has 0 heterocycles. The standard InChI is InChI=1S/C24H44N2O2/c1-3-5-7-9-11-13-19-25(27)21-23-15-17-24(18-16-23)22-26(28)20-14-12-10-8-6-4-2/h15-18,27-28H,3-14,19-22H2,1-2H3. The van der Waals surface area contributed by atoms with E-state index in [1.807, 2.05) is 0 Å². The van der Waals surface area contributed by atoms with Crippen LogP contribution in [0.25, 0.3) is 0 Å². The molecule has 0 aliphatic rings. The molecule has 162 valence electrons. The number of hydrogen-bond donors (Lipinski definition) is 2. The van der Waals surface area contributed by atoms with E-state index in [0.29, 0.717) is 13.1 Å². The molecule has 0 bridgehead atoms. The summed E-state index contributed by atoms with van der Waals surface area (Å²) in [7, 11) is 0. The van der Waals surface area contributed by atoms with Crippen molar-refractivity contribution < 1.29 is 10.4 Å². The Labute approximate surface area is 173 Å². The van der Waals surface area contributed by atoms with Gasteiger partial charge < -0.3 is 10.4 Å². The lowest BCUT2D eigenvalue weighted by molar-refractivity contribution is -0.101. The maximum atomic E-state index is 10.1. The zero-order valence-corrected chi connectivity index (χ0v) is 18.4. The van der Waals surface area contributed by atoms with Gasteiger partial charge in [-0.1, -0.05) is 102 Å². The smallest absolute Gasteiger partial charge is 0.0488 e. The summed E-state index contributed by atoms with van der Waals surface area (Å²) in [5, 5.41) is 23.0. The molecule has 0 aliphatic heterocycles. The van der Waals surface area contributed by atoms with Crippen LogP contribution in [0.4, 0.5) is 0 Å². The number of hydroxylamine groups is 4. The Morgan fingerprint density at radius 1 is 0.536 bits per heavy atom. The van der Waals surface area contributed by atoms with Crippen LogP contribution in [0, 0.1) is 0 Å². The number of nitrogens with zero attached hydrogens (tertiary/aromatic N) is 2. The summed E-state index contributed by atoms with van der Waals surface area (Å²) in [6.45, 7) is 7.06. The molecule has 28 heavy (non-hydrogen) atoms. The third-order valence-electron chi connectivity index (χ3n) is 5.29. The monoisotopic (exact) mass is 392 g/mol. The highest BCUT2D eigenvalue weighted by atomic mass is 16.5. The summed E-state index contributed by atoms with van der Waals surface area (Å²) in [6.07, 6.45) is 14.8. The third-order valence-corrected chi connectivity index (χ3v) is 5.29. The Hall–Kier alpha value is -0.940. The predicted molar refractivity (Wildman–Crippen MR) is 118 cm³/mol. The van der Waals surface area contributed by atoms with Crippen molar-refractivity contribution in [2.45, 2.75) is 104 Å². The average Bonchev–Trinajstić information content (AvgIpc) is 2.69. The minimum Gasteiger partial charge on any atom is -0.314 e. The average molecular weight is 393 g/mol. The fourth-order valence-electron chi connectivity index (χ4n) is 3.48. The van der Waals surface area contributed by atoms with E-state index >= 15 is 0 Å². The first-order valence-corrected chi connectivity index (χ1v) is 11.6. The molecule has 1 rings (SSSR count). The van der Waals surface area contributed by atoms with Gasteiger partial charge in [-0.15, -0.1) is 0 Å². The first kappa shape index (κ1) is 25.1. The van der Waals surface area contributed by atoms with Gasteiger partial charge in [-0.3, -0.25) is 0 Å². The maximum absolute atomic E-state index is 10.1. The first-order valence-electron chi connectivity index (χ1n) is 11.6. The molecule has 4 nitrogen and oxygen atoms in total. The van der Waals surface area contributed by atoms with E-state index in [9.17, 15) is 10.4 Å². The molecule has 0 fully saturated rings. The molecule has 1 aromatic carbocycles. The Morgan fingerprint density at radius 2 is 0.857 bits per heavy atom. The van der Waals surface area contributed by atoms with Crippen molar-refractivity contribution in [3.05, 3.63) is 35.4 Å². The molecule has 1 aromatic rings. The Balaban J connectivity index is 2.16.